The first-order valence-corrected chi connectivity index (χ1v) is 7.94. The van der Waals surface area contributed by atoms with Crippen molar-refractivity contribution in [3.63, 3.8) is 0 Å². The van der Waals surface area contributed by atoms with Gasteiger partial charge in [-0.15, -0.1) is 11.3 Å². The van der Waals surface area contributed by atoms with Crippen molar-refractivity contribution in [3.05, 3.63) is 34.8 Å². The van der Waals surface area contributed by atoms with Crippen LogP contribution in [0.1, 0.15) is 42.2 Å². The number of benzene rings is 1. The zero-order valence-electron chi connectivity index (χ0n) is 11.8. The first-order chi connectivity index (χ1) is 9.79. The molecular weight excluding hydrogens is 268 g/mol. The normalized spacial score (nSPS) is 15.8. The lowest BCUT2D eigenvalue weighted by atomic mass is 10.1. The summed E-state index contributed by atoms with van der Waals surface area (Å²) < 4.78 is 5.27. The third-order valence-electron chi connectivity index (χ3n) is 3.95. The van der Waals surface area contributed by atoms with Gasteiger partial charge < -0.3 is 10.5 Å². The van der Waals surface area contributed by atoms with Crippen molar-refractivity contribution < 1.29 is 4.74 Å². The van der Waals surface area contributed by atoms with Crippen molar-refractivity contribution in [1.82, 2.24) is 4.98 Å². The molecule has 1 aliphatic rings. The number of rotatable bonds is 4. The van der Waals surface area contributed by atoms with Crippen molar-refractivity contribution >= 4 is 16.3 Å². The van der Waals surface area contributed by atoms with Crippen LogP contribution in [0.2, 0.25) is 0 Å². The Morgan fingerprint density at radius 3 is 2.80 bits per heavy atom. The van der Waals surface area contributed by atoms with E-state index in [1.165, 1.54) is 30.7 Å². The highest BCUT2D eigenvalue weighted by Gasteiger charge is 2.23. The fraction of sp³-hybridized carbons (Fsp3) is 0.438. The third kappa shape index (κ3) is 2.58. The third-order valence-corrected chi connectivity index (χ3v) is 4.99. The van der Waals surface area contributed by atoms with Crippen LogP contribution in [0.15, 0.2) is 24.3 Å². The van der Waals surface area contributed by atoms with Crippen LogP contribution in [0, 0.1) is 0 Å². The van der Waals surface area contributed by atoms with E-state index in [0.29, 0.717) is 12.5 Å². The van der Waals surface area contributed by atoms with E-state index in [1.807, 2.05) is 12.1 Å². The summed E-state index contributed by atoms with van der Waals surface area (Å²) in [5.41, 5.74) is 9.40. The monoisotopic (exact) mass is 288 g/mol. The molecule has 3 nitrogen and oxygen atoms in total. The van der Waals surface area contributed by atoms with Gasteiger partial charge in [-0.2, -0.15) is 0 Å². The molecule has 0 saturated heterocycles. The molecular formula is C16H20N2OS. The SMILES string of the molecule is COCc1ccccc1-c1nc(C2CCCC2)sc1N. The molecule has 20 heavy (non-hydrogen) atoms. The van der Waals surface area contributed by atoms with Gasteiger partial charge in [0, 0.05) is 18.6 Å². The van der Waals surface area contributed by atoms with Crippen LogP contribution in [-0.4, -0.2) is 12.1 Å². The highest BCUT2D eigenvalue weighted by atomic mass is 32.1. The number of nitrogens with zero attached hydrogens (tertiary/aromatic N) is 1. The summed E-state index contributed by atoms with van der Waals surface area (Å²) in [6.45, 7) is 0.589. The average Bonchev–Trinajstić information content (AvgIpc) is 3.09. The molecule has 1 fully saturated rings. The standard InChI is InChI=1S/C16H20N2OS/c1-19-10-12-8-4-5-9-13(12)14-15(17)20-16(18-14)11-6-2-3-7-11/h4-5,8-9,11H,2-3,6-7,10,17H2,1H3. The number of ether oxygens (including phenoxy) is 1. The van der Waals surface area contributed by atoms with E-state index in [-0.39, 0.29) is 0 Å². The first-order valence-electron chi connectivity index (χ1n) is 7.13. The minimum Gasteiger partial charge on any atom is -0.389 e. The molecule has 2 N–H and O–H groups in total. The summed E-state index contributed by atoms with van der Waals surface area (Å²) in [7, 11) is 1.71. The minimum atomic E-state index is 0.589. The Hall–Kier alpha value is -1.39. The zero-order chi connectivity index (χ0) is 13.9. The maximum Gasteiger partial charge on any atom is 0.114 e. The van der Waals surface area contributed by atoms with E-state index in [2.05, 4.69) is 12.1 Å². The van der Waals surface area contributed by atoms with Gasteiger partial charge in [0.25, 0.3) is 0 Å². The van der Waals surface area contributed by atoms with Crippen LogP contribution < -0.4 is 5.73 Å². The van der Waals surface area contributed by atoms with Crippen LogP contribution in [0.5, 0.6) is 0 Å². The molecule has 0 amide bonds. The number of thiazole rings is 1. The zero-order valence-corrected chi connectivity index (χ0v) is 12.6. The summed E-state index contributed by atoms with van der Waals surface area (Å²) in [4.78, 5) is 4.84. The van der Waals surface area contributed by atoms with Gasteiger partial charge in [0.05, 0.1) is 11.6 Å². The number of anilines is 1. The molecule has 3 rings (SSSR count). The Morgan fingerprint density at radius 1 is 1.30 bits per heavy atom. The summed E-state index contributed by atoms with van der Waals surface area (Å²) in [6.07, 6.45) is 5.15. The number of methoxy groups -OCH3 is 1. The number of hydrogen-bond acceptors (Lipinski definition) is 4. The van der Waals surface area contributed by atoms with Gasteiger partial charge in [-0.1, -0.05) is 37.1 Å². The van der Waals surface area contributed by atoms with E-state index in [1.54, 1.807) is 18.4 Å². The van der Waals surface area contributed by atoms with Crippen molar-refractivity contribution in [2.45, 2.75) is 38.2 Å². The molecule has 106 valence electrons. The Labute approximate surface area is 123 Å². The van der Waals surface area contributed by atoms with Crippen LogP contribution in [0.25, 0.3) is 11.3 Å². The smallest absolute Gasteiger partial charge is 0.114 e. The average molecular weight is 288 g/mol. The van der Waals surface area contributed by atoms with Crippen LogP contribution >= 0.6 is 11.3 Å². The van der Waals surface area contributed by atoms with E-state index in [9.17, 15) is 0 Å². The molecule has 0 radical (unpaired) electrons. The maximum atomic E-state index is 6.22. The van der Waals surface area contributed by atoms with Crippen LogP contribution in [0.4, 0.5) is 5.00 Å². The second-order valence-corrected chi connectivity index (χ2v) is 6.40. The van der Waals surface area contributed by atoms with Gasteiger partial charge in [0.2, 0.25) is 0 Å². The highest BCUT2D eigenvalue weighted by Crippen LogP contribution is 2.41. The van der Waals surface area contributed by atoms with E-state index in [4.69, 9.17) is 15.5 Å². The van der Waals surface area contributed by atoms with Crippen LogP contribution in [0.3, 0.4) is 0 Å². The Bertz CT molecular complexity index is 588. The highest BCUT2D eigenvalue weighted by molar-refractivity contribution is 7.16. The molecule has 0 spiro atoms. The minimum absolute atomic E-state index is 0.589. The van der Waals surface area contributed by atoms with E-state index < -0.39 is 0 Å². The molecule has 2 aromatic rings. The summed E-state index contributed by atoms with van der Waals surface area (Å²) in [5, 5.41) is 2.04. The first kappa shape index (κ1) is 13.6. The van der Waals surface area contributed by atoms with Gasteiger partial charge in [-0.25, -0.2) is 4.98 Å². The number of aromatic nitrogens is 1. The number of nitrogens with two attached hydrogens (primary N) is 1. The van der Waals surface area contributed by atoms with Crippen molar-refractivity contribution in [1.29, 1.82) is 0 Å². The summed E-state index contributed by atoms with van der Waals surface area (Å²) >= 11 is 1.66. The van der Waals surface area contributed by atoms with E-state index in [0.717, 1.165) is 21.8 Å². The Balaban J connectivity index is 1.97. The van der Waals surface area contributed by atoms with E-state index >= 15 is 0 Å². The topological polar surface area (TPSA) is 48.1 Å². The lowest BCUT2D eigenvalue weighted by Crippen LogP contribution is -1.95. The number of hydrogen-bond donors (Lipinski definition) is 1. The largest absolute Gasteiger partial charge is 0.389 e. The molecule has 1 saturated carbocycles. The fourth-order valence-corrected chi connectivity index (χ4v) is 3.94. The molecule has 0 atom stereocenters. The van der Waals surface area contributed by atoms with Gasteiger partial charge in [-0.05, 0) is 18.4 Å². The quantitative estimate of drug-likeness (QED) is 0.917. The second-order valence-electron chi connectivity index (χ2n) is 5.34. The van der Waals surface area contributed by atoms with Gasteiger partial charge in [0.1, 0.15) is 10.7 Å². The summed E-state index contributed by atoms with van der Waals surface area (Å²) in [6, 6.07) is 8.21. The Kier molecular flexibility index (Phi) is 4.03. The molecule has 0 unspecified atom stereocenters. The Morgan fingerprint density at radius 2 is 2.05 bits per heavy atom. The molecule has 1 aromatic heterocycles. The van der Waals surface area contributed by atoms with Crippen molar-refractivity contribution in [3.8, 4) is 11.3 Å². The molecule has 1 aliphatic carbocycles. The van der Waals surface area contributed by atoms with Gasteiger partial charge in [-0.3, -0.25) is 0 Å². The van der Waals surface area contributed by atoms with Crippen LogP contribution in [-0.2, 0) is 11.3 Å². The van der Waals surface area contributed by atoms with Crippen molar-refractivity contribution in [2.24, 2.45) is 0 Å². The fourth-order valence-electron chi connectivity index (χ4n) is 2.92. The maximum absolute atomic E-state index is 6.22. The van der Waals surface area contributed by atoms with Crippen molar-refractivity contribution in [2.75, 3.05) is 12.8 Å². The second kappa shape index (κ2) is 5.94. The van der Waals surface area contributed by atoms with Gasteiger partial charge >= 0.3 is 0 Å². The lowest BCUT2D eigenvalue weighted by molar-refractivity contribution is 0.185. The molecule has 4 heteroatoms. The predicted molar refractivity (Wildman–Crippen MR) is 83.9 cm³/mol. The van der Waals surface area contributed by atoms with Gasteiger partial charge in [0.15, 0.2) is 0 Å². The predicted octanol–water partition coefficient (Wildman–Crippen LogP) is 4.20. The molecule has 0 aliphatic heterocycles. The lowest BCUT2D eigenvalue weighted by Gasteiger charge is -2.07. The molecule has 1 aromatic carbocycles. The number of nitrogen functional groups attached to an aromatic ring is 1. The summed E-state index contributed by atoms with van der Waals surface area (Å²) in [5.74, 6) is 0.616. The molecule has 0 bridgehead atoms. The molecule has 1 heterocycles.